The molecule has 1 aromatic heterocycles. The standard InChI is InChI=1S/C17H21NOS/c19-15-8-4-7-14(11-15)18-12-16-9-10-17(20-16)13-5-2-1-3-6-13/h1-3,5-6,9-10,14-15,18-19H,4,7-8,11-12H2/t14-,15-/m1/s1. The maximum Gasteiger partial charge on any atom is 0.0555 e. The maximum absolute atomic E-state index is 9.69. The van der Waals surface area contributed by atoms with Crippen LogP contribution in [0.3, 0.4) is 0 Å². The van der Waals surface area contributed by atoms with Crippen molar-refractivity contribution in [3.63, 3.8) is 0 Å². The molecule has 1 aromatic carbocycles. The van der Waals surface area contributed by atoms with Gasteiger partial charge in [-0.1, -0.05) is 30.3 Å². The molecule has 20 heavy (non-hydrogen) atoms. The Morgan fingerprint density at radius 3 is 2.75 bits per heavy atom. The lowest BCUT2D eigenvalue weighted by atomic mass is 9.93. The van der Waals surface area contributed by atoms with Crippen LogP contribution in [0.15, 0.2) is 42.5 Å². The largest absolute Gasteiger partial charge is 0.393 e. The Labute approximate surface area is 124 Å². The molecule has 0 bridgehead atoms. The molecule has 1 saturated carbocycles. The Bertz CT molecular complexity index is 537. The van der Waals surface area contributed by atoms with Crippen LogP contribution >= 0.6 is 11.3 Å². The van der Waals surface area contributed by atoms with E-state index in [-0.39, 0.29) is 6.10 Å². The minimum atomic E-state index is -0.107. The van der Waals surface area contributed by atoms with Crippen molar-refractivity contribution < 1.29 is 5.11 Å². The Morgan fingerprint density at radius 1 is 1.10 bits per heavy atom. The molecule has 1 aliphatic rings. The van der Waals surface area contributed by atoms with E-state index in [0.717, 1.165) is 25.8 Å². The Hall–Kier alpha value is -1.16. The first-order chi connectivity index (χ1) is 9.81. The number of hydrogen-bond donors (Lipinski definition) is 2. The van der Waals surface area contributed by atoms with E-state index in [1.165, 1.54) is 21.7 Å². The van der Waals surface area contributed by atoms with Gasteiger partial charge in [0.15, 0.2) is 0 Å². The SMILES string of the molecule is O[C@@H]1CCC[C@@H](NCc2ccc(-c3ccccc3)s2)C1. The predicted molar refractivity (Wildman–Crippen MR) is 84.9 cm³/mol. The van der Waals surface area contributed by atoms with Gasteiger partial charge in [-0.05, 0) is 43.4 Å². The van der Waals surface area contributed by atoms with Gasteiger partial charge < -0.3 is 10.4 Å². The van der Waals surface area contributed by atoms with Gasteiger partial charge in [0.25, 0.3) is 0 Å². The number of nitrogens with one attached hydrogen (secondary N) is 1. The van der Waals surface area contributed by atoms with Gasteiger partial charge in [0.05, 0.1) is 6.10 Å². The zero-order valence-corrected chi connectivity index (χ0v) is 12.4. The van der Waals surface area contributed by atoms with Crippen molar-refractivity contribution in [2.24, 2.45) is 0 Å². The fraction of sp³-hybridized carbons (Fsp3) is 0.412. The number of hydrogen-bond acceptors (Lipinski definition) is 3. The molecule has 3 rings (SSSR count). The molecule has 0 radical (unpaired) electrons. The van der Waals surface area contributed by atoms with Crippen molar-refractivity contribution >= 4 is 11.3 Å². The first-order valence-corrected chi connectivity index (χ1v) is 8.18. The summed E-state index contributed by atoms with van der Waals surface area (Å²) in [6.45, 7) is 0.912. The summed E-state index contributed by atoms with van der Waals surface area (Å²) in [5.74, 6) is 0. The molecule has 0 aliphatic heterocycles. The molecule has 2 atom stereocenters. The molecule has 106 valence electrons. The summed E-state index contributed by atoms with van der Waals surface area (Å²) in [7, 11) is 0. The van der Waals surface area contributed by atoms with E-state index >= 15 is 0 Å². The summed E-state index contributed by atoms with van der Waals surface area (Å²) < 4.78 is 0. The molecular weight excluding hydrogens is 266 g/mol. The molecular formula is C17H21NOS. The zero-order valence-electron chi connectivity index (χ0n) is 11.6. The second-order valence-corrected chi connectivity index (χ2v) is 6.70. The van der Waals surface area contributed by atoms with Crippen molar-refractivity contribution in [1.29, 1.82) is 0 Å². The fourth-order valence-electron chi connectivity index (χ4n) is 2.82. The summed E-state index contributed by atoms with van der Waals surface area (Å²) in [6.07, 6.45) is 4.09. The molecule has 1 fully saturated rings. The molecule has 0 spiro atoms. The summed E-state index contributed by atoms with van der Waals surface area (Å²) >= 11 is 1.85. The van der Waals surface area contributed by atoms with Gasteiger partial charge in [-0.15, -0.1) is 11.3 Å². The van der Waals surface area contributed by atoms with Crippen molar-refractivity contribution in [3.05, 3.63) is 47.3 Å². The lowest BCUT2D eigenvalue weighted by Gasteiger charge is -2.26. The van der Waals surface area contributed by atoms with Gasteiger partial charge in [0.2, 0.25) is 0 Å². The van der Waals surface area contributed by atoms with E-state index in [4.69, 9.17) is 0 Å². The van der Waals surface area contributed by atoms with Crippen LogP contribution < -0.4 is 5.32 Å². The average Bonchev–Trinajstić information content (AvgIpc) is 2.95. The number of aliphatic hydroxyl groups is 1. The van der Waals surface area contributed by atoms with Gasteiger partial charge in [0.1, 0.15) is 0 Å². The average molecular weight is 287 g/mol. The third kappa shape index (κ3) is 3.48. The van der Waals surface area contributed by atoms with Gasteiger partial charge in [0, 0.05) is 22.3 Å². The van der Waals surface area contributed by atoms with Crippen molar-refractivity contribution in [1.82, 2.24) is 5.32 Å². The normalized spacial score (nSPS) is 22.9. The molecule has 0 amide bonds. The molecule has 2 N–H and O–H groups in total. The van der Waals surface area contributed by atoms with Crippen LogP contribution in [0.4, 0.5) is 0 Å². The monoisotopic (exact) mass is 287 g/mol. The van der Waals surface area contributed by atoms with Crippen molar-refractivity contribution in [3.8, 4) is 10.4 Å². The highest BCUT2D eigenvalue weighted by atomic mass is 32.1. The van der Waals surface area contributed by atoms with Crippen LogP contribution in [0, 0.1) is 0 Å². The van der Waals surface area contributed by atoms with Crippen molar-refractivity contribution in [2.45, 2.75) is 44.4 Å². The fourth-order valence-corrected chi connectivity index (χ4v) is 3.79. The van der Waals surface area contributed by atoms with Gasteiger partial charge >= 0.3 is 0 Å². The molecule has 1 aliphatic carbocycles. The van der Waals surface area contributed by atoms with E-state index in [1.54, 1.807) is 0 Å². The van der Waals surface area contributed by atoms with E-state index in [0.29, 0.717) is 6.04 Å². The minimum absolute atomic E-state index is 0.107. The smallest absolute Gasteiger partial charge is 0.0555 e. The highest BCUT2D eigenvalue weighted by Gasteiger charge is 2.19. The number of benzene rings is 1. The van der Waals surface area contributed by atoms with Crippen LogP contribution in [0.5, 0.6) is 0 Å². The molecule has 0 saturated heterocycles. The van der Waals surface area contributed by atoms with Gasteiger partial charge in [-0.25, -0.2) is 0 Å². The van der Waals surface area contributed by atoms with Gasteiger partial charge in [-0.2, -0.15) is 0 Å². The molecule has 0 unspecified atom stereocenters. The molecule has 2 nitrogen and oxygen atoms in total. The lowest BCUT2D eigenvalue weighted by molar-refractivity contribution is 0.111. The molecule has 1 heterocycles. The van der Waals surface area contributed by atoms with Crippen LogP contribution in [-0.2, 0) is 6.54 Å². The third-order valence-corrected chi connectivity index (χ3v) is 5.07. The van der Waals surface area contributed by atoms with E-state index in [2.05, 4.69) is 41.7 Å². The highest BCUT2D eigenvalue weighted by Crippen LogP contribution is 2.28. The van der Waals surface area contributed by atoms with Crippen molar-refractivity contribution in [2.75, 3.05) is 0 Å². The van der Waals surface area contributed by atoms with Crippen LogP contribution in [0.1, 0.15) is 30.6 Å². The first kappa shape index (κ1) is 13.8. The van der Waals surface area contributed by atoms with Crippen LogP contribution in [0.25, 0.3) is 10.4 Å². The Balaban J connectivity index is 1.58. The lowest BCUT2D eigenvalue weighted by Crippen LogP contribution is -2.35. The quantitative estimate of drug-likeness (QED) is 0.896. The number of rotatable bonds is 4. The van der Waals surface area contributed by atoms with E-state index in [9.17, 15) is 5.11 Å². The van der Waals surface area contributed by atoms with Crippen LogP contribution in [0.2, 0.25) is 0 Å². The van der Waals surface area contributed by atoms with E-state index in [1.807, 2.05) is 17.4 Å². The Morgan fingerprint density at radius 2 is 1.95 bits per heavy atom. The van der Waals surface area contributed by atoms with Crippen LogP contribution in [-0.4, -0.2) is 17.3 Å². The summed E-state index contributed by atoms with van der Waals surface area (Å²) in [5, 5.41) is 13.3. The summed E-state index contributed by atoms with van der Waals surface area (Å²) in [5.41, 5.74) is 1.29. The first-order valence-electron chi connectivity index (χ1n) is 7.37. The predicted octanol–water partition coefficient (Wildman–Crippen LogP) is 3.81. The maximum atomic E-state index is 9.69. The van der Waals surface area contributed by atoms with Gasteiger partial charge in [-0.3, -0.25) is 0 Å². The molecule has 2 aromatic rings. The third-order valence-electron chi connectivity index (χ3n) is 3.93. The minimum Gasteiger partial charge on any atom is -0.393 e. The highest BCUT2D eigenvalue weighted by molar-refractivity contribution is 7.15. The number of aliphatic hydroxyl groups excluding tert-OH is 1. The zero-order chi connectivity index (χ0) is 13.8. The summed E-state index contributed by atoms with van der Waals surface area (Å²) in [6, 6.07) is 15.4. The second-order valence-electron chi connectivity index (χ2n) is 5.53. The second kappa shape index (κ2) is 6.53. The molecule has 3 heteroatoms. The summed E-state index contributed by atoms with van der Waals surface area (Å²) in [4.78, 5) is 2.69. The topological polar surface area (TPSA) is 32.3 Å². The number of thiophene rings is 1. The Kier molecular flexibility index (Phi) is 4.51. The van der Waals surface area contributed by atoms with E-state index < -0.39 is 0 Å².